The smallest absolute Gasteiger partial charge is 0.236 e. The summed E-state index contributed by atoms with van der Waals surface area (Å²) in [5.74, 6) is -0.0777. The minimum atomic E-state index is -0.450. The summed E-state index contributed by atoms with van der Waals surface area (Å²) in [7, 11) is 3.68. The second-order valence-electron chi connectivity index (χ2n) is 5.22. The minimum Gasteiger partial charge on any atom is -0.383 e. The SMILES string of the molecule is COCCN(C)CCNC(=O)C(N)CCc1ccccc1. The number of likely N-dealkylation sites (N-methyl/N-ethyl adjacent to an activating group) is 1. The molecular formula is C16H27N3O2. The average molecular weight is 293 g/mol. The number of amides is 1. The summed E-state index contributed by atoms with van der Waals surface area (Å²) in [6.45, 7) is 2.95. The van der Waals surface area contributed by atoms with Crippen molar-refractivity contribution in [2.45, 2.75) is 18.9 Å². The molecule has 0 aliphatic heterocycles. The Morgan fingerprint density at radius 3 is 2.71 bits per heavy atom. The van der Waals surface area contributed by atoms with E-state index in [2.05, 4.69) is 22.3 Å². The topological polar surface area (TPSA) is 67.6 Å². The van der Waals surface area contributed by atoms with Crippen LogP contribution in [0.5, 0.6) is 0 Å². The molecule has 0 heterocycles. The maximum absolute atomic E-state index is 11.9. The maximum Gasteiger partial charge on any atom is 0.236 e. The van der Waals surface area contributed by atoms with Gasteiger partial charge in [0.05, 0.1) is 12.6 Å². The van der Waals surface area contributed by atoms with Crippen LogP contribution in [-0.4, -0.2) is 57.2 Å². The number of nitrogens with two attached hydrogens (primary N) is 1. The first-order chi connectivity index (χ1) is 10.1. The molecule has 0 bridgehead atoms. The van der Waals surface area contributed by atoms with Crippen LogP contribution >= 0.6 is 0 Å². The van der Waals surface area contributed by atoms with Gasteiger partial charge in [0.25, 0.3) is 0 Å². The third-order valence-electron chi connectivity index (χ3n) is 3.39. The van der Waals surface area contributed by atoms with Gasteiger partial charge in [-0.3, -0.25) is 4.79 Å². The maximum atomic E-state index is 11.9. The highest BCUT2D eigenvalue weighted by molar-refractivity contribution is 5.81. The molecule has 1 aromatic rings. The van der Waals surface area contributed by atoms with Gasteiger partial charge in [0.1, 0.15) is 0 Å². The Balaban J connectivity index is 2.16. The molecule has 3 N–H and O–H groups in total. The standard InChI is InChI=1S/C16H27N3O2/c1-19(12-13-21-2)11-10-18-16(20)15(17)9-8-14-6-4-3-5-7-14/h3-7,15H,8-13,17H2,1-2H3,(H,18,20). The van der Waals surface area contributed by atoms with Gasteiger partial charge in [0, 0.05) is 26.7 Å². The van der Waals surface area contributed by atoms with Gasteiger partial charge >= 0.3 is 0 Å². The number of methoxy groups -OCH3 is 1. The van der Waals surface area contributed by atoms with Gasteiger partial charge in [0.2, 0.25) is 5.91 Å². The van der Waals surface area contributed by atoms with E-state index in [0.717, 1.165) is 19.5 Å². The minimum absolute atomic E-state index is 0.0777. The van der Waals surface area contributed by atoms with Crippen molar-refractivity contribution >= 4 is 5.91 Å². The summed E-state index contributed by atoms with van der Waals surface area (Å²) >= 11 is 0. The molecule has 0 aromatic heterocycles. The third kappa shape index (κ3) is 7.80. The molecule has 0 saturated heterocycles. The van der Waals surface area contributed by atoms with Crippen LogP contribution in [0.15, 0.2) is 30.3 Å². The molecule has 1 aromatic carbocycles. The molecule has 118 valence electrons. The molecule has 1 amide bonds. The molecule has 5 heteroatoms. The van der Waals surface area contributed by atoms with Crippen LogP contribution in [0.4, 0.5) is 0 Å². The van der Waals surface area contributed by atoms with E-state index in [1.165, 1.54) is 5.56 Å². The molecule has 0 fully saturated rings. The lowest BCUT2D eigenvalue weighted by atomic mass is 10.1. The normalized spacial score (nSPS) is 12.4. The molecular weight excluding hydrogens is 266 g/mol. The van der Waals surface area contributed by atoms with Crippen LogP contribution in [0.3, 0.4) is 0 Å². The van der Waals surface area contributed by atoms with Crippen LogP contribution in [0.1, 0.15) is 12.0 Å². The van der Waals surface area contributed by atoms with E-state index in [9.17, 15) is 4.79 Å². The third-order valence-corrected chi connectivity index (χ3v) is 3.39. The number of rotatable bonds is 10. The molecule has 21 heavy (non-hydrogen) atoms. The number of aryl methyl sites for hydroxylation is 1. The van der Waals surface area contributed by atoms with Crippen molar-refractivity contribution in [3.8, 4) is 0 Å². The molecule has 0 spiro atoms. The largest absolute Gasteiger partial charge is 0.383 e. The summed E-state index contributed by atoms with van der Waals surface area (Å²) in [5.41, 5.74) is 7.12. The van der Waals surface area contributed by atoms with E-state index < -0.39 is 6.04 Å². The Hall–Kier alpha value is -1.43. The number of ether oxygens (including phenoxy) is 1. The predicted octanol–water partition coefficient (Wildman–Crippen LogP) is 0.641. The Morgan fingerprint density at radius 2 is 2.05 bits per heavy atom. The first-order valence-corrected chi connectivity index (χ1v) is 7.38. The molecule has 5 nitrogen and oxygen atoms in total. The highest BCUT2D eigenvalue weighted by Crippen LogP contribution is 2.03. The highest BCUT2D eigenvalue weighted by Gasteiger charge is 2.12. The Kier molecular flexibility index (Phi) is 8.66. The second-order valence-corrected chi connectivity index (χ2v) is 5.22. The quantitative estimate of drug-likeness (QED) is 0.664. The number of carbonyl (C=O) groups is 1. The summed E-state index contributed by atoms with van der Waals surface area (Å²) in [6.07, 6.45) is 1.48. The molecule has 1 unspecified atom stereocenters. The van der Waals surface area contributed by atoms with Crippen LogP contribution in [0, 0.1) is 0 Å². The lowest BCUT2D eigenvalue weighted by Crippen LogP contribution is -2.43. The second kappa shape index (κ2) is 10.3. The number of carbonyl (C=O) groups excluding carboxylic acids is 1. The van der Waals surface area contributed by atoms with Gasteiger partial charge in [-0.05, 0) is 25.5 Å². The van der Waals surface area contributed by atoms with Gasteiger partial charge in [-0.2, -0.15) is 0 Å². The average Bonchev–Trinajstić information content (AvgIpc) is 2.51. The number of hydrogen-bond acceptors (Lipinski definition) is 4. The zero-order valence-electron chi connectivity index (χ0n) is 13.0. The molecule has 0 radical (unpaired) electrons. The van der Waals surface area contributed by atoms with E-state index in [4.69, 9.17) is 10.5 Å². The van der Waals surface area contributed by atoms with E-state index >= 15 is 0 Å². The van der Waals surface area contributed by atoms with Crippen molar-refractivity contribution in [1.82, 2.24) is 10.2 Å². The van der Waals surface area contributed by atoms with Crippen LogP contribution in [0.2, 0.25) is 0 Å². The number of hydrogen-bond donors (Lipinski definition) is 2. The Morgan fingerprint density at radius 1 is 1.33 bits per heavy atom. The van der Waals surface area contributed by atoms with Gasteiger partial charge < -0.3 is 20.7 Å². The van der Waals surface area contributed by atoms with Gasteiger partial charge in [-0.25, -0.2) is 0 Å². The molecule has 1 atom stereocenters. The van der Waals surface area contributed by atoms with Crippen LogP contribution in [0.25, 0.3) is 0 Å². The van der Waals surface area contributed by atoms with Crippen molar-refractivity contribution in [1.29, 1.82) is 0 Å². The van der Waals surface area contributed by atoms with Crippen LogP contribution in [-0.2, 0) is 16.0 Å². The van der Waals surface area contributed by atoms with E-state index in [1.54, 1.807) is 7.11 Å². The van der Waals surface area contributed by atoms with Crippen molar-refractivity contribution < 1.29 is 9.53 Å². The first kappa shape index (κ1) is 17.6. The van der Waals surface area contributed by atoms with Crippen molar-refractivity contribution in [3.05, 3.63) is 35.9 Å². The fourth-order valence-corrected chi connectivity index (χ4v) is 1.96. The molecule has 0 aliphatic rings. The lowest BCUT2D eigenvalue weighted by Gasteiger charge is -2.17. The lowest BCUT2D eigenvalue weighted by molar-refractivity contribution is -0.122. The van der Waals surface area contributed by atoms with E-state index in [0.29, 0.717) is 19.6 Å². The predicted molar refractivity (Wildman–Crippen MR) is 85.1 cm³/mol. The fourth-order valence-electron chi connectivity index (χ4n) is 1.96. The fraction of sp³-hybridized carbons (Fsp3) is 0.562. The van der Waals surface area contributed by atoms with E-state index in [-0.39, 0.29) is 5.91 Å². The van der Waals surface area contributed by atoms with Crippen molar-refractivity contribution in [2.75, 3.05) is 40.4 Å². The monoisotopic (exact) mass is 293 g/mol. The van der Waals surface area contributed by atoms with Gasteiger partial charge in [-0.1, -0.05) is 30.3 Å². The molecule has 1 rings (SSSR count). The van der Waals surface area contributed by atoms with Crippen LogP contribution < -0.4 is 11.1 Å². The number of benzene rings is 1. The summed E-state index contributed by atoms with van der Waals surface area (Å²) in [4.78, 5) is 14.0. The van der Waals surface area contributed by atoms with Gasteiger partial charge in [0.15, 0.2) is 0 Å². The van der Waals surface area contributed by atoms with Crippen molar-refractivity contribution in [2.24, 2.45) is 5.73 Å². The van der Waals surface area contributed by atoms with Crippen molar-refractivity contribution in [3.63, 3.8) is 0 Å². The van der Waals surface area contributed by atoms with Gasteiger partial charge in [-0.15, -0.1) is 0 Å². The zero-order chi connectivity index (χ0) is 15.5. The molecule has 0 aliphatic carbocycles. The highest BCUT2D eigenvalue weighted by atomic mass is 16.5. The number of nitrogens with one attached hydrogen (secondary N) is 1. The molecule has 0 saturated carbocycles. The van der Waals surface area contributed by atoms with E-state index in [1.807, 2.05) is 25.2 Å². The summed E-state index contributed by atoms with van der Waals surface area (Å²) in [6, 6.07) is 9.63. The number of nitrogens with zero attached hydrogens (tertiary/aromatic N) is 1. The first-order valence-electron chi connectivity index (χ1n) is 7.38. The Labute approximate surface area is 127 Å². The summed E-state index contributed by atoms with van der Waals surface area (Å²) in [5, 5.41) is 2.88. The Bertz CT molecular complexity index is 398. The summed E-state index contributed by atoms with van der Waals surface area (Å²) < 4.78 is 5.00. The zero-order valence-corrected chi connectivity index (χ0v) is 13.0.